The number of thiophene rings is 1. The summed E-state index contributed by atoms with van der Waals surface area (Å²) in [5.41, 5.74) is 1.46. The highest BCUT2D eigenvalue weighted by molar-refractivity contribution is 7.08. The average Bonchev–Trinajstić information content (AvgIpc) is 3.40. The number of nitrogens with one attached hydrogen (secondary N) is 2. The Morgan fingerprint density at radius 3 is 2.60 bits per heavy atom. The first-order valence-corrected chi connectivity index (χ1v) is 10.2. The van der Waals surface area contributed by atoms with E-state index in [1.165, 1.54) is 12.1 Å². The second kappa shape index (κ2) is 8.66. The van der Waals surface area contributed by atoms with E-state index in [4.69, 9.17) is 9.47 Å². The van der Waals surface area contributed by atoms with Gasteiger partial charge in [-0.2, -0.15) is 11.3 Å². The number of carbonyl (C=O) groups is 1. The van der Waals surface area contributed by atoms with E-state index in [9.17, 15) is 18.0 Å². The first-order valence-electron chi connectivity index (χ1n) is 9.24. The number of carbonyl (C=O) groups excluding carboxylic acids is 1. The second-order valence-corrected chi connectivity index (χ2v) is 7.73. The van der Waals surface area contributed by atoms with Gasteiger partial charge in [-0.1, -0.05) is 12.2 Å². The summed E-state index contributed by atoms with van der Waals surface area (Å²) in [5, 5.41) is 9.45. The van der Waals surface area contributed by atoms with Crippen molar-refractivity contribution in [3.63, 3.8) is 0 Å². The molecule has 3 heterocycles. The van der Waals surface area contributed by atoms with Gasteiger partial charge in [0.25, 0.3) is 0 Å². The molecule has 1 aromatic carbocycles. The maximum Gasteiger partial charge on any atom is 0.573 e. The van der Waals surface area contributed by atoms with Crippen molar-refractivity contribution in [2.24, 2.45) is 5.92 Å². The largest absolute Gasteiger partial charge is 0.573 e. The maximum atomic E-state index is 12.3. The zero-order valence-corrected chi connectivity index (χ0v) is 16.4. The number of fused-ring (bicyclic) bond motifs is 1. The van der Waals surface area contributed by atoms with Crippen LogP contribution in [-0.4, -0.2) is 43.9 Å². The first kappa shape index (κ1) is 20.7. The first-order chi connectivity index (χ1) is 14.4. The topological polar surface area (TPSA) is 68.8 Å². The van der Waals surface area contributed by atoms with Gasteiger partial charge in [0.05, 0.1) is 25.4 Å². The highest BCUT2D eigenvalue weighted by Gasteiger charge is 2.47. The fourth-order valence-corrected chi connectivity index (χ4v) is 4.13. The number of amides is 2. The van der Waals surface area contributed by atoms with Crippen LogP contribution in [0.5, 0.6) is 5.75 Å². The fraction of sp³-hybridized carbons (Fsp3) is 0.350. The van der Waals surface area contributed by atoms with Gasteiger partial charge in [0, 0.05) is 11.6 Å². The molecule has 6 nitrogen and oxygen atoms in total. The zero-order valence-electron chi connectivity index (χ0n) is 15.6. The number of rotatable bonds is 5. The third kappa shape index (κ3) is 5.13. The van der Waals surface area contributed by atoms with Crippen LogP contribution >= 0.6 is 11.3 Å². The minimum atomic E-state index is -4.76. The van der Waals surface area contributed by atoms with Crippen molar-refractivity contribution in [1.82, 2.24) is 5.32 Å². The van der Waals surface area contributed by atoms with Crippen molar-refractivity contribution < 1.29 is 32.2 Å². The van der Waals surface area contributed by atoms with Crippen LogP contribution in [0.4, 0.5) is 23.7 Å². The molecule has 2 aromatic rings. The molecule has 1 aromatic heterocycles. The molecule has 2 aliphatic rings. The number of urea groups is 1. The molecule has 2 amide bonds. The summed E-state index contributed by atoms with van der Waals surface area (Å²) >= 11 is 1.63. The van der Waals surface area contributed by atoms with Crippen molar-refractivity contribution in [2.45, 2.75) is 24.6 Å². The normalized spacial score (nSPS) is 26.0. The highest BCUT2D eigenvalue weighted by atomic mass is 32.1. The Kier molecular flexibility index (Phi) is 5.98. The summed E-state index contributed by atoms with van der Waals surface area (Å²) in [7, 11) is 0. The van der Waals surface area contributed by atoms with Crippen LogP contribution in [0.2, 0.25) is 0 Å². The standard InChI is InChI=1S/C20H19F3N2O4S/c21-20(22,23)29-15-5-3-14(4-6-15)24-19(26)25-16-10-28-17-13(9-27-18(16)17)2-1-12-7-8-30-11-12/h1-8,11,13,16-18H,9-10H2,(H2,24,25,26)/b2-1-/t13-,16-,17+,18+/m0/s1. The van der Waals surface area contributed by atoms with Crippen LogP contribution in [0, 0.1) is 5.92 Å². The molecule has 4 atom stereocenters. The Morgan fingerprint density at radius 1 is 1.13 bits per heavy atom. The minimum Gasteiger partial charge on any atom is -0.406 e. The van der Waals surface area contributed by atoms with Gasteiger partial charge < -0.3 is 24.8 Å². The molecule has 30 heavy (non-hydrogen) atoms. The summed E-state index contributed by atoms with van der Waals surface area (Å²) in [6, 6.07) is 6.13. The average molecular weight is 440 g/mol. The molecular weight excluding hydrogens is 421 g/mol. The fourth-order valence-electron chi connectivity index (χ4n) is 3.50. The zero-order chi connectivity index (χ0) is 21.1. The maximum absolute atomic E-state index is 12.3. The SMILES string of the molecule is O=C(Nc1ccc(OC(F)(F)F)cc1)N[C@H]1CO[C@H]2[C@@H]1OC[C@@H]2/C=C\c1ccsc1. The smallest absolute Gasteiger partial charge is 0.406 e. The molecule has 2 N–H and O–H groups in total. The summed E-state index contributed by atoms with van der Waals surface area (Å²) in [5.74, 6) is -0.257. The van der Waals surface area contributed by atoms with Crippen molar-refractivity contribution in [3.8, 4) is 5.75 Å². The molecule has 2 fully saturated rings. The van der Waals surface area contributed by atoms with Gasteiger partial charge in [-0.3, -0.25) is 0 Å². The van der Waals surface area contributed by atoms with Crippen LogP contribution < -0.4 is 15.4 Å². The molecule has 2 aliphatic heterocycles. The Morgan fingerprint density at radius 2 is 1.90 bits per heavy atom. The lowest BCUT2D eigenvalue weighted by Crippen LogP contribution is -2.45. The monoisotopic (exact) mass is 440 g/mol. The predicted octanol–water partition coefficient (Wildman–Crippen LogP) is 4.26. The summed E-state index contributed by atoms with van der Waals surface area (Å²) in [6.45, 7) is 0.834. The van der Waals surface area contributed by atoms with Gasteiger partial charge in [0.1, 0.15) is 11.9 Å². The van der Waals surface area contributed by atoms with E-state index in [2.05, 4.69) is 26.8 Å². The lowest BCUT2D eigenvalue weighted by atomic mass is 9.99. The number of anilines is 1. The van der Waals surface area contributed by atoms with E-state index in [-0.39, 0.29) is 29.9 Å². The van der Waals surface area contributed by atoms with E-state index < -0.39 is 12.4 Å². The van der Waals surface area contributed by atoms with Crippen molar-refractivity contribution in [3.05, 3.63) is 52.7 Å². The van der Waals surface area contributed by atoms with Crippen molar-refractivity contribution in [2.75, 3.05) is 18.5 Å². The predicted molar refractivity (Wildman–Crippen MR) is 105 cm³/mol. The second-order valence-electron chi connectivity index (χ2n) is 6.95. The Labute approximate surface area is 174 Å². The molecule has 0 unspecified atom stereocenters. The van der Waals surface area contributed by atoms with Crippen molar-refractivity contribution >= 4 is 29.1 Å². The Hall–Kier alpha value is -2.56. The Balaban J connectivity index is 1.28. The van der Waals surface area contributed by atoms with Gasteiger partial charge in [0.15, 0.2) is 0 Å². The molecule has 0 aliphatic carbocycles. The number of halogens is 3. The van der Waals surface area contributed by atoms with Crippen LogP contribution in [0.1, 0.15) is 5.56 Å². The van der Waals surface area contributed by atoms with E-state index in [1.807, 2.05) is 17.5 Å². The number of alkyl halides is 3. The molecule has 0 saturated carbocycles. The molecule has 0 spiro atoms. The third-order valence-electron chi connectivity index (χ3n) is 4.83. The summed E-state index contributed by atoms with van der Waals surface area (Å²) < 4.78 is 52.1. The van der Waals surface area contributed by atoms with Gasteiger partial charge in [-0.25, -0.2) is 4.79 Å². The lowest BCUT2D eigenvalue weighted by Gasteiger charge is -2.18. The number of ether oxygens (including phenoxy) is 3. The van der Waals surface area contributed by atoms with E-state index >= 15 is 0 Å². The molecule has 10 heteroatoms. The highest BCUT2D eigenvalue weighted by Crippen LogP contribution is 2.32. The Bertz CT molecular complexity index is 886. The van der Waals surface area contributed by atoms with Crippen LogP contribution in [0.25, 0.3) is 6.08 Å². The quantitative estimate of drug-likeness (QED) is 0.729. The van der Waals surface area contributed by atoms with Gasteiger partial charge in [-0.15, -0.1) is 13.2 Å². The lowest BCUT2D eigenvalue weighted by molar-refractivity contribution is -0.274. The van der Waals surface area contributed by atoms with Gasteiger partial charge in [-0.05, 0) is 46.7 Å². The molecular formula is C20H19F3N2O4S. The number of benzene rings is 1. The number of hydrogen-bond donors (Lipinski definition) is 2. The molecule has 2 saturated heterocycles. The molecule has 0 bridgehead atoms. The van der Waals surface area contributed by atoms with E-state index in [0.717, 1.165) is 17.7 Å². The minimum absolute atomic E-state index is 0.103. The molecule has 0 radical (unpaired) electrons. The van der Waals surface area contributed by atoms with Crippen LogP contribution in [0.3, 0.4) is 0 Å². The van der Waals surface area contributed by atoms with Crippen molar-refractivity contribution in [1.29, 1.82) is 0 Å². The van der Waals surface area contributed by atoms with E-state index in [0.29, 0.717) is 18.9 Å². The van der Waals surface area contributed by atoms with Crippen LogP contribution in [0.15, 0.2) is 47.2 Å². The van der Waals surface area contributed by atoms with Crippen LogP contribution in [-0.2, 0) is 9.47 Å². The van der Waals surface area contributed by atoms with E-state index in [1.54, 1.807) is 11.3 Å². The molecule has 160 valence electrons. The molecule has 4 rings (SSSR count). The summed E-state index contributed by atoms with van der Waals surface area (Å²) in [4.78, 5) is 12.3. The summed E-state index contributed by atoms with van der Waals surface area (Å²) in [6.07, 6.45) is -1.04. The third-order valence-corrected chi connectivity index (χ3v) is 5.53. The van der Waals surface area contributed by atoms with Gasteiger partial charge >= 0.3 is 12.4 Å². The number of hydrogen-bond acceptors (Lipinski definition) is 5. The van der Waals surface area contributed by atoms with Gasteiger partial charge in [0.2, 0.25) is 0 Å².